The van der Waals surface area contributed by atoms with Gasteiger partial charge in [0.15, 0.2) is 17.6 Å². The number of carbonyl (C=O) groups excluding carboxylic acids is 1. The number of nitrogens with zero attached hydrogens (tertiary/aromatic N) is 2. The van der Waals surface area contributed by atoms with Crippen LogP contribution in [0.4, 0.5) is 8.78 Å². The molecule has 2 unspecified atom stereocenters. The van der Waals surface area contributed by atoms with Crippen LogP contribution in [0.15, 0.2) is 23.2 Å². The van der Waals surface area contributed by atoms with Crippen molar-refractivity contribution >= 4 is 11.9 Å². The second-order valence-corrected chi connectivity index (χ2v) is 6.60. The minimum absolute atomic E-state index is 0.00595. The van der Waals surface area contributed by atoms with Crippen LogP contribution in [0.2, 0.25) is 0 Å². The predicted octanol–water partition coefficient (Wildman–Crippen LogP) is 1.69. The quantitative estimate of drug-likeness (QED) is 0.592. The van der Waals surface area contributed by atoms with Gasteiger partial charge in [0, 0.05) is 33.2 Å². The highest BCUT2D eigenvalue weighted by Gasteiger charge is 2.17. The molecule has 6 nitrogen and oxygen atoms in total. The molecule has 1 aliphatic rings. The number of carbonyl (C=O) groups is 1. The Balaban J connectivity index is 2.03. The number of nitrogens with one attached hydrogen (secondary N) is 2. The molecule has 0 radical (unpaired) electrons. The number of rotatable bonds is 6. The summed E-state index contributed by atoms with van der Waals surface area (Å²) in [5.74, 6) is -1.08. The van der Waals surface area contributed by atoms with Crippen LogP contribution in [0.5, 0.6) is 0 Å². The summed E-state index contributed by atoms with van der Waals surface area (Å²) in [5.41, 5.74) is 0.585. The molecule has 0 spiro atoms. The summed E-state index contributed by atoms with van der Waals surface area (Å²) >= 11 is 0. The Labute approximate surface area is 152 Å². The SMILES string of the molecule is CC(NC(=NCC(=O)N(C)C)NCC1CCOC1)c1ccc(F)c(F)c1. The van der Waals surface area contributed by atoms with Gasteiger partial charge in [-0.25, -0.2) is 13.8 Å². The monoisotopic (exact) mass is 368 g/mol. The summed E-state index contributed by atoms with van der Waals surface area (Å²) in [6.07, 6.45) is 0.968. The lowest BCUT2D eigenvalue weighted by molar-refractivity contribution is -0.127. The molecule has 2 atom stereocenters. The average Bonchev–Trinajstić information content (AvgIpc) is 3.12. The van der Waals surface area contributed by atoms with Crippen molar-refractivity contribution in [3.63, 3.8) is 0 Å². The van der Waals surface area contributed by atoms with Crippen LogP contribution in [0, 0.1) is 17.6 Å². The van der Waals surface area contributed by atoms with E-state index in [0.717, 1.165) is 25.2 Å². The van der Waals surface area contributed by atoms with Crippen molar-refractivity contribution in [3.05, 3.63) is 35.4 Å². The molecule has 1 amide bonds. The van der Waals surface area contributed by atoms with Gasteiger partial charge >= 0.3 is 0 Å². The van der Waals surface area contributed by atoms with E-state index in [-0.39, 0.29) is 18.5 Å². The molecule has 0 aromatic heterocycles. The number of amides is 1. The lowest BCUT2D eigenvalue weighted by Gasteiger charge is -2.20. The molecule has 2 rings (SSSR count). The lowest BCUT2D eigenvalue weighted by atomic mass is 10.1. The number of ether oxygens (including phenoxy) is 1. The fourth-order valence-electron chi connectivity index (χ4n) is 2.50. The Morgan fingerprint density at radius 2 is 2.15 bits per heavy atom. The highest BCUT2D eigenvalue weighted by Crippen LogP contribution is 2.16. The second-order valence-electron chi connectivity index (χ2n) is 6.60. The first-order chi connectivity index (χ1) is 12.4. The maximum atomic E-state index is 13.5. The lowest BCUT2D eigenvalue weighted by Crippen LogP contribution is -2.42. The zero-order valence-corrected chi connectivity index (χ0v) is 15.4. The van der Waals surface area contributed by atoms with E-state index in [2.05, 4.69) is 15.6 Å². The maximum Gasteiger partial charge on any atom is 0.243 e. The normalized spacial score (nSPS) is 18.5. The van der Waals surface area contributed by atoms with Gasteiger partial charge in [-0.2, -0.15) is 0 Å². The van der Waals surface area contributed by atoms with E-state index in [9.17, 15) is 13.6 Å². The summed E-state index contributed by atoms with van der Waals surface area (Å²) in [6, 6.07) is 3.45. The first-order valence-corrected chi connectivity index (χ1v) is 8.64. The van der Waals surface area contributed by atoms with E-state index in [1.807, 2.05) is 6.92 Å². The van der Waals surface area contributed by atoms with E-state index >= 15 is 0 Å². The fraction of sp³-hybridized carbons (Fsp3) is 0.556. The molecule has 0 bridgehead atoms. The molecule has 0 aliphatic carbocycles. The van der Waals surface area contributed by atoms with Crippen molar-refractivity contribution in [1.82, 2.24) is 15.5 Å². The molecule has 1 heterocycles. The second kappa shape index (κ2) is 9.47. The third-order valence-electron chi connectivity index (χ3n) is 4.25. The first kappa shape index (κ1) is 20.1. The number of hydrogen-bond donors (Lipinski definition) is 2. The molecule has 1 saturated heterocycles. The van der Waals surface area contributed by atoms with Crippen LogP contribution >= 0.6 is 0 Å². The standard InChI is InChI=1S/C18H26F2N4O2/c1-12(14-4-5-15(19)16(20)8-14)23-18(22-10-17(25)24(2)3)21-9-13-6-7-26-11-13/h4-5,8,12-13H,6-7,9-11H2,1-3H3,(H2,21,22,23). The Morgan fingerprint density at radius 3 is 2.77 bits per heavy atom. The molecule has 26 heavy (non-hydrogen) atoms. The fourth-order valence-corrected chi connectivity index (χ4v) is 2.50. The third kappa shape index (κ3) is 5.94. The summed E-state index contributed by atoms with van der Waals surface area (Å²) < 4.78 is 31.9. The largest absolute Gasteiger partial charge is 0.381 e. The van der Waals surface area contributed by atoms with Crippen LogP contribution in [0.3, 0.4) is 0 Å². The van der Waals surface area contributed by atoms with Gasteiger partial charge in [-0.05, 0) is 31.0 Å². The summed E-state index contributed by atoms with van der Waals surface area (Å²) in [5, 5.41) is 6.34. The molecule has 144 valence electrons. The van der Waals surface area contributed by atoms with Crippen molar-refractivity contribution < 1.29 is 18.3 Å². The molecule has 8 heteroatoms. The van der Waals surface area contributed by atoms with E-state index < -0.39 is 11.6 Å². The van der Waals surface area contributed by atoms with Gasteiger partial charge in [0.25, 0.3) is 0 Å². The van der Waals surface area contributed by atoms with Gasteiger partial charge in [-0.1, -0.05) is 6.07 Å². The van der Waals surface area contributed by atoms with Crippen LogP contribution < -0.4 is 10.6 Å². The summed E-state index contributed by atoms with van der Waals surface area (Å²) in [7, 11) is 3.33. The van der Waals surface area contributed by atoms with E-state index in [0.29, 0.717) is 30.6 Å². The number of likely N-dealkylation sites (N-methyl/N-ethyl adjacent to an activating group) is 1. The summed E-state index contributed by atoms with van der Waals surface area (Å²) in [4.78, 5) is 17.6. The van der Waals surface area contributed by atoms with E-state index in [4.69, 9.17) is 4.74 Å². The van der Waals surface area contributed by atoms with Crippen molar-refractivity contribution in [2.45, 2.75) is 19.4 Å². The number of halogens is 2. The molecule has 1 aliphatic heterocycles. The van der Waals surface area contributed by atoms with Crippen LogP contribution in [0.25, 0.3) is 0 Å². The van der Waals surface area contributed by atoms with Gasteiger partial charge < -0.3 is 20.3 Å². The van der Waals surface area contributed by atoms with Gasteiger partial charge in [0.1, 0.15) is 6.54 Å². The minimum Gasteiger partial charge on any atom is -0.381 e. The molecule has 1 aromatic rings. The van der Waals surface area contributed by atoms with Gasteiger partial charge in [-0.15, -0.1) is 0 Å². The molecule has 1 aromatic carbocycles. The summed E-state index contributed by atoms with van der Waals surface area (Å²) in [6.45, 7) is 3.91. The number of benzene rings is 1. The van der Waals surface area contributed by atoms with Gasteiger partial charge in [-0.3, -0.25) is 4.79 Å². The minimum atomic E-state index is -0.895. The number of hydrogen-bond acceptors (Lipinski definition) is 3. The molecular weight excluding hydrogens is 342 g/mol. The smallest absolute Gasteiger partial charge is 0.243 e. The first-order valence-electron chi connectivity index (χ1n) is 8.64. The maximum absolute atomic E-state index is 13.5. The van der Waals surface area contributed by atoms with Gasteiger partial charge in [0.05, 0.1) is 12.6 Å². The van der Waals surface area contributed by atoms with Crippen molar-refractivity contribution in [2.24, 2.45) is 10.9 Å². The van der Waals surface area contributed by atoms with E-state index in [1.54, 1.807) is 14.1 Å². The van der Waals surface area contributed by atoms with Crippen LogP contribution in [-0.2, 0) is 9.53 Å². The molecular formula is C18H26F2N4O2. The Kier molecular flexibility index (Phi) is 7.32. The molecule has 2 N–H and O–H groups in total. The van der Waals surface area contributed by atoms with Crippen molar-refractivity contribution in [2.75, 3.05) is 40.4 Å². The third-order valence-corrected chi connectivity index (χ3v) is 4.25. The Morgan fingerprint density at radius 1 is 1.38 bits per heavy atom. The Bertz CT molecular complexity index is 646. The number of guanidine groups is 1. The average molecular weight is 368 g/mol. The Hall–Kier alpha value is -2.22. The zero-order chi connectivity index (χ0) is 19.1. The van der Waals surface area contributed by atoms with E-state index in [1.165, 1.54) is 11.0 Å². The van der Waals surface area contributed by atoms with Crippen molar-refractivity contribution in [3.8, 4) is 0 Å². The molecule has 1 fully saturated rings. The van der Waals surface area contributed by atoms with Gasteiger partial charge in [0.2, 0.25) is 5.91 Å². The molecule has 0 saturated carbocycles. The predicted molar refractivity (Wildman–Crippen MR) is 95.8 cm³/mol. The van der Waals surface area contributed by atoms with Crippen molar-refractivity contribution in [1.29, 1.82) is 0 Å². The topological polar surface area (TPSA) is 66.0 Å². The van der Waals surface area contributed by atoms with Crippen LogP contribution in [-0.4, -0.2) is 57.2 Å². The number of aliphatic imine (C=N–C) groups is 1. The highest BCUT2D eigenvalue weighted by atomic mass is 19.2. The zero-order valence-electron chi connectivity index (χ0n) is 15.4. The van der Waals surface area contributed by atoms with Crippen LogP contribution in [0.1, 0.15) is 24.9 Å². The highest BCUT2D eigenvalue weighted by molar-refractivity contribution is 5.85.